The first-order chi connectivity index (χ1) is 13.2. The summed E-state index contributed by atoms with van der Waals surface area (Å²) < 4.78 is 0. The highest BCUT2D eigenvalue weighted by atomic mass is 35.5. The Morgan fingerprint density at radius 2 is 1.67 bits per heavy atom. The van der Waals surface area contributed by atoms with Crippen molar-refractivity contribution in [3.05, 3.63) is 84.0 Å². The molecule has 0 aliphatic carbocycles. The van der Waals surface area contributed by atoms with Crippen LogP contribution in [0.15, 0.2) is 73.4 Å². The highest BCUT2D eigenvalue weighted by Crippen LogP contribution is 2.38. The molecule has 0 bridgehead atoms. The van der Waals surface area contributed by atoms with Gasteiger partial charge in [0.1, 0.15) is 0 Å². The van der Waals surface area contributed by atoms with Crippen molar-refractivity contribution in [2.24, 2.45) is 0 Å². The second kappa shape index (κ2) is 7.65. The maximum atomic E-state index is 12.3. The number of halogens is 1. The van der Waals surface area contributed by atoms with E-state index < -0.39 is 0 Å². The van der Waals surface area contributed by atoms with E-state index in [1.54, 1.807) is 43.1 Å². The first-order valence-corrected chi connectivity index (χ1v) is 9.28. The van der Waals surface area contributed by atoms with Crippen LogP contribution in [0.5, 0.6) is 0 Å². The third kappa shape index (κ3) is 3.72. The minimum atomic E-state index is -0.223. The van der Waals surface area contributed by atoms with Crippen LogP contribution in [-0.2, 0) is 0 Å². The van der Waals surface area contributed by atoms with Gasteiger partial charge in [0.25, 0.3) is 5.91 Å². The van der Waals surface area contributed by atoms with Crippen LogP contribution < -0.4 is 5.32 Å². The maximum Gasteiger partial charge on any atom is 0.257 e. The number of hydrogen-bond donors (Lipinski definition) is 1. The topological polar surface area (TPSA) is 67.8 Å². The van der Waals surface area contributed by atoms with Crippen LogP contribution in [0.1, 0.15) is 10.4 Å². The zero-order valence-electron chi connectivity index (χ0n) is 14.0. The third-order valence-electron chi connectivity index (χ3n) is 3.92. The summed E-state index contributed by atoms with van der Waals surface area (Å²) in [7, 11) is 0. The number of amides is 1. The Labute approximate surface area is 164 Å². The van der Waals surface area contributed by atoms with E-state index in [4.69, 9.17) is 11.6 Å². The number of rotatable bonds is 4. The molecule has 0 spiro atoms. The van der Waals surface area contributed by atoms with E-state index in [0.717, 1.165) is 21.6 Å². The van der Waals surface area contributed by atoms with Crippen molar-refractivity contribution in [1.82, 2.24) is 15.0 Å². The van der Waals surface area contributed by atoms with E-state index in [0.29, 0.717) is 15.7 Å². The molecule has 4 aromatic rings. The molecule has 5 nitrogen and oxygen atoms in total. The third-order valence-corrected chi connectivity index (χ3v) is 5.19. The average Bonchev–Trinajstić information content (AvgIpc) is 3.17. The van der Waals surface area contributed by atoms with Gasteiger partial charge < -0.3 is 0 Å². The second-order valence-electron chi connectivity index (χ2n) is 5.62. The summed E-state index contributed by atoms with van der Waals surface area (Å²) in [6, 6.07) is 12.9. The Hall–Kier alpha value is -3.09. The van der Waals surface area contributed by atoms with Gasteiger partial charge in [0, 0.05) is 58.3 Å². The van der Waals surface area contributed by atoms with E-state index >= 15 is 0 Å². The van der Waals surface area contributed by atoms with Gasteiger partial charge in [-0.05, 0) is 24.3 Å². The Morgan fingerprint density at radius 3 is 2.48 bits per heavy atom. The molecule has 0 unspecified atom stereocenters. The smallest absolute Gasteiger partial charge is 0.257 e. The maximum absolute atomic E-state index is 12.3. The predicted octanol–water partition coefficient (Wildman–Crippen LogP) is 5.17. The molecule has 0 radical (unpaired) electrons. The van der Waals surface area contributed by atoms with Crippen molar-refractivity contribution in [1.29, 1.82) is 0 Å². The van der Waals surface area contributed by atoms with Crippen molar-refractivity contribution < 1.29 is 4.79 Å². The number of anilines is 1. The first-order valence-electron chi connectivity index (χ1n) is 8.09. The summed E-state index contributed by atoms with van der Waals surface area (Å²) in [6.45, 7) is 0. The highest BCUT2D eigenvalue weighted by molar-refractivity contribution is 7.19. The highest BCUT2D eigenvalue weighted by Gasteiger charge is 2.14. The van der Waals surface area contributed by atoms with Gasteiger partial charge in [0.2, 0.25) is 0 Å². The summed E-state index contributed by atoms with van der Waals surface area (Å²) in [6.07, 6.45) is 8.41. The lowest BCUT2D eigenvalue weighted by Gasteiger charge is -2.08. The summed E-state index contributed by atoms with van der Waals surface area (Å²) in [5.41, 5.74) is 3.30. The summed E-state index contributed by atoms with van der Waals surface area (Å²) in [5.74, 6) is -0.223. The van der Waals surface area contributed by atoms with E-state index in [2.05, 4.69) is 20.3 Å². The molecule has 0 fully saturated rings. The molecule has 132 valence electrons. The fraction of sp³-hybridized carbons (Fsp3) is 0. The lowest BCUT2D eigenvalue weighted by atomic mass is 10.0. The van der Waals surface area contributed by atoms with Crippen LogP contribution in [-0.4, -0.2) is 20.9 Å². The van der Waals surface area contributed by atoms with E-state index in [-0.39, 0.29) is 5.91 Å². The lowest BCUT2D eigenvalue weighted by Crippen LogP contribution is -2.11. The molecule has 1 N–H and O–H groups in total. The molecule has 0 saturated heterocycles. The van der Waals surface area contributed by atoms with Crippen LogP contribution in [0.2, 0.25) is 5.02 Å². The van der Waals surface area contributed by atoms with Gasteiger partial charge >= 0.3 is 0 Å². The largest absolute Gasteiger partial charge is 0.298 e. The molecule has 1 amide bonds. The van der Waals surface area contributed by atoms with Crippen LogP contribution in [0.4, 0.5) is 5.13 Å². The van der Waals surface area contributed by atoms with E-state index in [1.165, 1.54) is 11.3 Å². The van der Waals surface area contributed by atoms with Crippen molar-refractivity contribution in [2.75, 3.05) is 5.32 Å². The molecule has 0 saturated carbocycles. The van der Waals surface area contributed by atoms with Gasteiger partial charge in [-0.1, -0.05) is 41.1 Å². The normalized spacial score (nSPS) is 10.6. The minimum Gasteiger partial charge on any atom is -0.298 e. The van der Waals surface area contributed by atoms with E-state index in [9.17, 15) is 4.79 Å². The van der Waals surface area contributed by atoms with E-state index in [1.807, 2.05) is 30.3 Å². The second-order valence-corrected chi connectivity index (χ2v) is 7.06. The van der Waals surface area contributed by atoms with Crippen molar-refractivity contribution in [3.63, 3.8) is 0 Å². The van der Waals surface area contributed by atoms with Crippen LogP contribution >= 0.6 is 22.9 Å². The van der Waals surface area contributed by atoms with Crippen LogP contribution in [0.3, 0.4) is 0 Å². The lowest BCUT2D eigenvalue weighted by molar-refractivity contribution is 0.102. The predicted molar refractivity (Wildman–Crippen MR) is 108 cm³/mol. The van der Waals surface area contributed by atoms with Gasteiger partial charge in [0.05, 0.1) is 4.88 Å². The molecule has 3 heterocycles. The van der Waals surface area contributed by atoms with Crippen molar-refractivity contribution >= 4 is 34.0 Å². The number of pyridine rings is 2. The van der Waals surface area contributed by atoms with Crippen molar-refractivity contribution in [2.45, 2.75) is 0 Å². The number of carbonyl (C=O) groups excluding carboxylic acids is 1. The van der Waals surface area contributed by atoms with Gasteiger partial charge in [-0.15, -0.1) is 0 Å². The average molecular weight is 393 g/mol. The van der Waals surface area contributed by atoms with Gasteiger partial charge in [-0.2, -0.15) is 0 Å². The number of nitrogens with zero attached hydrogens (tertiary/aromatic N) is 3. The molecule has 1 aromatic carbocycles. The number of carbonyl (C=O) groups is 1. The zero-order valence-corrected chi connectivity index (χ0v) is 15.5. The molecule has 4 rings (SSSR count). The fourth-order valence-electron chi connectivity index (χ4n) is 2.63. The van der Waals surface area contributed by atoms with Crippen molar-refractivity contribution in [3.8, 4) is 21.6 Å². The van der Waals surface area contributed by atoms with Crippen LogP contribution in [0.25, 0.3) is 21.6 Å². The Morgan fingerprint density at radius 1 is 0.889 bits per heavy atom. The SMILES string of the molecule is O=C(Nc1ncc(-c2ccncc2-c2ccccc2Cl)s1)c1ccncc1. The molecule has 3 aromatic heterocycles. The minimum absolute atomic E-state index is 0.223. The number of hydrogen-bond acceptors (Lipinski definition) is 5. The molecular weight excluding hydrogens is 380 g/mol. The summed E-state index contributed by atoms with van der Waals surface area (Å²) >= 11 is 7.75. The molecule has 27 heavy (non-hydrogen) atoms. The summed E-state index contributed by atoms with van der Waals surface area (Å²) in [4.78, 5) is 25.7. The molecular formula is C20H13ClN4OS. The fourth-order valence-corrected chi connectivity index (χ4v) is 3.72. The Balaban J connectivity index is 1.65. The van der Waals surface area contributed by atoms with Gasteiger partial charge in [-0.3, -0.25) is 20.1 Å². The molecule has 0 atom stereocenters. The standard InChI is InChI=1S/C20H13ClN4OS/c21-17-4-2-1-3-14(17)16-11-23-10-7-15(16)18-12-24-20(27-18)25-19(26)13-5-8-22-9-6-13/h1-12H,(H,24,25,26). The number of thiazole rings is 1. The Bertz CT molecular complexity index is 1100. The summed E-state index contributed by atoms with van der Waals surface area (Å²) in [5, 5.41) is 4.00. The molecule has 0 aliphatic heterocycles. The number of benzene rings is 1. The van der Waals surface area contributed by atoms with Crippen LogP contribution in [0, 0.1) is 0 Å². The molecule has 7 heteroatoms. The Kier molecular flexibility index (Phi) is 4.91. The van der Waals surface area contributed by atoms with Gasteiger partial charge in [-0.25, -0.2) is 4.98 Å². The number of nitrogens with one attached hydrogen (secondary N) is 1. The quantitative estimate of drug-likeness (QED) is 0.520. The van der Waals surface area contributed by atoms with Gasteiger partial charge in [0.15, 0.2) is 5.13 Å². The number of aromatic nitrogens is 3. The molecule has 0 aliphatic rings. The first kappa shape index (κ1) is 17.3. The zero-order chi connectivity index (χ0) is 18.6. The monoisotopic (exact) mass is 392 g/mol.